The van der Waals surface area contributed by atoms with Crippen LogP contribution in [0.4, 0.5) is 11.4 Å². The molecule has 94 valence electrons. The zero-order chi connectivity index (χ0) is 13.2. The van der Waals surface area contributed by atoms with Crippen LogP contribution in [-0.2, 0) is 0 Å². The van der Waals surface area contributed by atoms with Gasteiger partial charge in [-0.25, -0.2) is 0 Å². The van der Waals surface area contributed by atoms with Crippen molar-refractivity contribution in [2.45, 2.75) is 0 Å². The second-order valence-electron chi connectivity index (χ2n) is 4.23. The van der Waals surface area contributed by atoms with E-state index in [0.29, 0.717) is 5.69 Å². The number of hydrogen-bond donors (Lipinski definition) is 2. The molecule has 0 bridgehead atoms. The fourth-order valence-electron chi connectivity index (χ4n) is 1.94. The number of nitrogens with one attached hydrogen (secondary N) is 2. The van der Waals surface area contributed by atoms with E-state index in [0.717, 1.165) is 21.1 Å². The Morgan fingerprint density at radius 2 is 1.79 bits per heavy atom. The molecule has 0 unspecified atom stereocenters. The van der Waals surface area contributed by atoms with E-state index in [4.69, 9.17) is 0 Å². The van der Waals surface area contributed by atoms with Crippen LogP contribution < -0.4 is 10.9 Å². The van der Waals surface area contributed by atoms with Crippen molar-refractivity contribution < 1.29 is 0 Å². The maximum absolute atomic E-state index is 12.0. The van der Waals surface area contributed by atoms with Gasteiger partial charge in [-0.15, -0.1) is 0 Å². The SMILES string of the molecule is O=c1[nH]c2cc(Br)ccc2cc1Nc1ccccc1. The van der Waals surface area contributed by atoms with Crippen LogP contribution in [-0.4, -0.2) is 4.98 Å². The highest BCUT2D eigenvalue weighted by molar-refractivity contribution is 9.10. The normalized spacial score (nSPS) is 10.6. The average Bonchev–Trinajstić information content (AvgIpc) is 2.41. The molecule has 0 aliphatic rings. The third-order valence-corrected chi connectivity index (χ3v) is 3.35. The molecule has 3 nitrogen and oxygen atoms in total. The van der Waals surface area contributed by atoms with Crippen molar-refractivity contribution >= 4 is 38.2 Å². The van der Waals surface area contributed by atoms with Gasteiger partial charge in [0.2, 0.25) is 0 Å². The summed E-state index contributed by atoms with van der Waals surface area (Å²) in [5.74, 6) is 0. The number of para-hydroxylation sites is 1. The van der Waals surface area contributed by atoms with Crippen molar-refractivity contribution in [3.8, 4) is 0 Å². The van der Waals surface area contributed by atoms with Gasteiger partial charge in [-0.1, -0.05) is 40.2 Å². The van der Waals surface area contributed by atoms with E-state index in [1.165, 1.54) is 0 Å². The lowest BCUT2D eigenvalue weighted by molar-refractivity contribution is 1.30. The predicted octanol–water partition coefficient (Wildman–Crippen LogP) is 4.03. The van der Waals surface area contributed by atoms with E-state index in [9.17, 15) is 4.79 Å². The van der Waals surface area contributed by atoms with Crippen LogP contribution >= 0.6 is 15.9 Å². The van der Waals surface area contributed by atoms with Gasteiger partial charge in [0.25, 0.3) is 5.56 Å². The number of pyridine rings is 1. The highest BCUT2D eigenvalue weighted by Crippen LogP contribution is 2.20. The quantitative estimate of drug-likeness (QED) is 0.750. The Morgan fingerprint density at radius 1 is 1.00 bits per heavy atom. The van der Waals surface area contributed by atoms with Crippen LogP contribution in [0.25, 0.3) is 10.9 Å². The molecule has 0 fully saturated rings. The number of anilines is 2. The van der Waals surface area contributed by atoms with E-state index in [-0.39, 0.29) is 5.56 Å². The number of benzene rings is 2. The molecule has 0 saturated heterocycles. The number of rotatable bonds is 2. The summed E-state index contributed by atoms with van der Waals surface area (Å²) < 4.78 is 0.944. The monoisotopic (exact) mass is 314 g/mol. The smallest absolute Gasteiger partial charge is 0.272 e. The van der Waals surface area contributed by atoms with Gasteiger partial charge < -0.3 is 10.3 Å². The third kappa shape index (κ3) is 2.53. The first kappa shape index (κ1) is 12.0. The number of fused-ring (bicyclic) bond motifs is 1. The maximum Gasteiger partial charge on any atom is 0.272 e. The van der Waals surface area contributed by atoms with Crippen molar-refractivity contribution in [1.29, 1.82) is 0 Å². The van der Waals surface area contributed by atoms with E-state index in [1.807, 2.05) is 54.6 Å². The Labute approximate surface area is 118 Å². The summed E-state index contributed by atoms with van der Waals surface area (Å²) in [5, 5.41) is 4.11. The number of halogens is 1. The fourth-order valence-corrected chi connectivity index (χ4v) is 2.30. The van der Waals surface area contributed by atoms with Crippen LogP contribution in [0.5, 0.6) is 0 Å². The topological polar surface area (TPSA) is 44.9 Å². The van der Waals surface area contributed by atoms with Gasteiger partial charge in [-0.05, 0) is 30.3 Å². The largest absolute Gasteiger partial charge is 0.351 e. The Kier molecular flexibility index (Phi) is 3.09. The second-order valence-corrected chi connectivity index (χ2v) is 5.15. The van der Waals surface area contributed by atoms with E-state index >= 15 is 0 Å². The fraction of sp³-hybridized carbons (Fsp3) is 0. The summed E-state index contributed by atoms with van der Waals surface area (Å²) in [4.78, 5) is 14.9. The molecule has 3 aromatic rings. The summed E-state index contributed by atoms with van der Waals surface area (Å²) in [6.07, 6.45) is 0. The van der Waals surface area contributed by atoms with Gasteiger partial charge in [-0.3, -0.25) is 4.79 Å². The molecule has 2 N–H and O–H groups in total. The van der Waals surface area contributed by atoms with Crippen molar-refractivity contribution in [2.75, 3.05) is 5.32 Å². The lowest BCUT2D eigenvalue weighted by atomic mass is 10.2. The Morgan fingerprint density at radius 3 is 2.58 bits per heavy atom. The molecule has 0 saturated carbocycles. The summed E-state index contributed by atoms with van der Waals surface area (Å²) in [7, 11) is 0. The first-order chi connectivity index (χ1) is 9.22. The Balaban J connectivity index is 2.07. The molecule has 1 aromatic heterocycles. The molecule has 0 radical (unpaired) electrons. The summed E-state index contributed by atoms with van der Waals surface area (Å²) in [6, 6.07) is 17.3. The van der Waals surface area contributed by atoms with Gasteiger partial charge in [0.05, 0.1) is 0 Å². The molecule has 19 heavy (non-hydrogen) atoms. The lowest BCUT2D eigenvalue weighted by Crippen LogP contribution is -2.11. The Hall–Kier alpha value is -2.07. The van der Waals surface area contributed by atoms with E-state index < -0.39 is 0 Å². The minimum absolute atomic E-state index is 0.130. The van der Waals surface area contributed by atoms with Crippen molar-refractivity contribution in [1.82, 2.24) is 4.98 Å². The van der Waals surface area contributed by atoms with E-state index in [2.05, 4.69) is 26.2 Å². The average molecular weight is 315 g/mol. The van der Waals surface area contributed by atoms with Crippen molar-refractivity contribution in [2.24, 2.45) is 0 Å². The molecule has 0 atom stereocenters. The molecule has 4 heteroatoms. The number of H-pyrrole nitrogens is 1. The first-order valence-corrected chi connectivity index (χ1v) is 6.66. The molecule has 3 rings (SSSR count). The molecule has 0 aliphatic heterocycles. The highest BCUT2D eigenvalue weighted by atomic mass is 79.9. The lowest BCUT2D eigenvalue weighted by Gasteiger charge is -2.07. The second kappa shape index (κ2) is 4.90. The van der Waals surface area contributed by atoms with Crippen molar-refractivity contribution in [3.05, 3.63) is 69.4 Å². The molecular formula is C15H11BrN2O. The molecule has 0 spiro atoms. The Bertz CT molecular complexity index is 781. The van der Waals surface area contributed by atoms with Crippen LogP contribution in [0.2, 0.25) is 0 Å². The molecule has 0 aliphatic carbocycles. The molecule has 0 amide bonds. The number of aromatic amines is 1. The predicted molar refractivity (Wildman–Crippen MR) is 82.0 cm³/mol. The summed E-state index contributed by atoms with van der Waals surface area (Å²) >= 11 is 3.39. The van der Waals surface area contributed by atoms with Crippen molar-refractivity contribution in [3.63, 3.8) is 0 Å². The van der Waals surface area contributed by atoms with Gasteiger partial charge >= 0.3 is 0 Å². The number of aromatic nitrogens is 1. The standard InChI is InChI=1S/C15H11BrN2O/c16-11-7-6-10-8-14(15(19)18-13(10)9-11)17-12-4-2-1-3-5-12/h1-9,17H,(H,18,19). The molecule has 1 heterocycles. The molecular weight excluding hydrogens is 304 g/mol. The minimum Gasteiger partial charge on any atom is -0.351 e. The highest BCUT2D eigenvalue weighted by Gasteiger charge is 2.03. The first-order valence-electron chi connectivity index (χ1n) is 5.87. The van der Waals surface area contributed by atoms with Crippen LogP contribution in [0.3, 0.4) is 0 Å². The number of hydrogen-bond acceptors (Lipinski definition) is 2. The van der Waals surface area contributed by atoms with Gasteiger partial charge in [-0.2, -0.15) is 0 Å². The van der Waals surface area contributed by atoms with Gasteiger partial charge in [0.15, 0.2) is 0 Å². The summed E-state index contributed by atoms with van der Waals surface area (Å²) in [5.41, 5.74) is 2.12. The maximum atomic E-state index is 12.0. The van der Waals surface area contributed by atoms with Gasteiger partial charge in [0, 0.05) is 21.1 Å². The summed E-state index contributed by atoms with van der Waals surface area (Å²) in [6.45, 7) is 0. The zero-order valence-electron chi connectivity index (χ0n) is 9.98. The zero-order valence-corrected chi connectivity index (χ0v) is 11.6. The van der Waals surface area contributed by atoms with Crippen LogP contribution in [0.15, 0.2) is 63.9 Å². The third-order valence-electron chi connectivity index (χ3n) is 2.86. The van der Waals surface area contributed by atoms with Crippen LogP contribution in [0, 0.1) is 0 Å². The van der Waals surface area contributed by atoms with Gasteiger partial charge in [0.1, 0.15) is 5.69 Å². The molecule has 2 aromatic carbocycles. The van der Waals surface area contributed by atoms with Crippen LogP contribution in [0.1, 0.15) is 0 Å². The minimum atomic E-state index is -0.130. The van der Waals surface area contributed by atoms with E-state index in [1.54, 1.807) is 0 Å².